The van der Waals surface area contributed by atoms with Crippen LogP contribution in [0.15, 0.2) is 91.1 Å². The first-order chi connectivity index (χ1) is 22.1. The first-order valence-electron chi connectivity index (χ1n) is 15.2. The zero-order chi connectivity index (χ0) is 32.7. The Balaban J connectivity index is 1.19. The van der Waals surface area contributed by atoms with E-state index in [0.29, 0.717) is 39.9 Å². The number of anilines is 2. The number of pyridine rings is 1. The summed E-state index contributed by atoms with van der Waals surface area (Å²) in [6.45, 7) is 4.10. The molecule has 0 bridgehead atoms. The Morgan fingerprint density at radius 2 is 1.67 bits per heavy atom. The van der Waals surface area contributed by atoms with Crippen LogP contribution in [0.3, 0.4) is 0 Å². The third-order valence-electron chi connectivity index (χ3n) is 7.79. The molecule has 11 heteroatoms. The molecular formula is C35H37ClN4O5S. The number of para-hydroxylation sites is 1. The van der Waals surface area contributed by atoms with E-state index in [2.05, 4.69) is 15.2 Å². The van der Waals surface area contributed by atoms with E-state index in [9.17, 15) is 18.0 Å². The minimum Gasteiger partial charge on any atom is -0.439 e. The van der Waals surface area contributed by atoms with Crippen LogP contribution in [0.5, 0.6) is 11.6 Å². The Hall–Kier alpha value is -4.25. The van der Waals surface area contributed by atoms with E-state index in [-0.39, 0.29) is 23.6 Å². The van der Waals surface area contributed by atoms with E-state index in [4.69, 9.17) is 16.3 Å². The molecule has 1 N–H and O–H groups in total. The molecule has 9 nitrogen and oxygen atoms in total. The summed E-state index contributed by atoms with van der Waals surface area (Å²) >= 11 is 6.25. The van der Waals surface area contributed by atoms with Crippen molar-refractivity contribution in [2.24, 2.45) is 0 Å². The number of carbonyl (C=O) groups excluding carboxylic acids is 2. The molecule has 3 aromatic carbocycles. The van der Waals surface area contributed by atoms with Gasteiger partial charge in [-0.1, -0.05) is 54.9 Å². The number of aromatic nitrogens is 1. The lowest BCUT2D eigenvalue weighted by Crippen LogP contribution is -2.49. The summed E-state index contributed by atoms with van der Waals surface area (Å²) in [5, 5.41) is 3.36. The summed E-state index contributed by atoms with van der Waals surface area (Å²) in [7, 11) is -3.10. The number of amides is 2. The van der Waals surface area contributed by atoms with Gasteiger partial charge in [-0.2, -0.15) is 0 Å². The molecule has 2 heterocycles. The number of carbonyl (C=O) groups is 2. The van der Waals surface area contributed by atoms with Crippen molar-refractivity contribution in [3.8, 4) is 11.6 Å². The standard InChI is InChI=1S/C35H37ClN4O5S/c1-3-33(41)31-21-27(12-15-32(31)36)38-35(42)40(28-7-5-4-6-8-28)29-17-19-39(20-18-29)23-26-11-16-34(37-22-26)45-30-13-9-25(10-14-30)24-46(2,43)44/h4-16,21-22,29H,3,17-20,23-24H2,1-2H3,(H,38,42). The quantitative estimate of drug-likeness (QED) is 0.167. The zero-order valence-electron chi connectivity index (χ0n) is 25.9. The topological polar surface area (TPSA) is 109 Å². The van der Waals surface area contributed by atoms with Crippen molar-refractivity contribution in [1.29, 1.82) is 0 Å². The number of likely N-dealkylation sites (tertiary alicyclic amines) is 1. The average molecular weight is 661 g/mol. The Labute approximate surface area is 275 Å². The van der Waals surface area contributed by atoms with Crippen molar-refractivity contribution in [1.82, 2.24) is 9.88 Å². The van der Waals surface area contributed by atoms with Gasteiger partial charge < -0.3 is 10.1 Å². The SMILES string of the molecule is CCC(=O)c1cc(NC(=O)N(c2ccccc2)C2CCN(Cc3ccc(Oc4ccc(CS(C)(=O)=O)cc4)nc3)CC2)ccc1Cl. The molecule has 2 amide bonds. The van der Waals surface area contributed by atoms with Crippen LogP contribution in [0.25, 0.3) is 0 Å². The first-order valence-corrected chi connectivity index (χ1v) is 17.6. The number of piperidine rings is 1. The lowest BCUT2D eigenvalue weighted by molar-refractivity contribution is 0.0988. The van der Waals surface area contributed by atoms with Gasteiger partial charge in [-0.15, -0.1) is 0 Å². The van der Waals surface area contributed by atoms with E-state index < -0.39 is 9.84 Å². The summed E-state index contributed by atoms with van der Waals surface area (Å²) in [4.78, 5) is 34.6. The fraction of sp³-hybridized carbons (Fsp3) is 0.286. The predicted octanol–water partition coefficient (Wildman–Crippen LogP) is 7.37. The van der Waals surface area contributed by atoms with Gasteiger partial charge in [-0.25, -0.2) is 18.2 Å². The number of Topliss-reactive ketones (excluding diaryl/α,β-unsaturated/α-hetero) is 1. The number of ketones is 1. The van der Waals surface area contributed by atoms with Gasteiger partial charge in [0.25, 0.3) is 0 Å². The van der Waals surface area contributed by atoms with Crippen LogP contribution < -0.4 is 15.0 Å². The van der Waals surface area contributed by atoms with Crippen molar-refractivity contribution in [3.63, 3.8) is 0 Å². The average Bonchev–Trinajstić information content (AvgIpc) is 3.04. The summed E-state index contributed by atoms with van der Waals surface area (Å²) < 4.78 is 28.9. The number of nitrogens with zero attached hydrogens (tertiary/aromatic N) is 3. The maximum atomic E-state index is 13.7. The second-order valence-corrected chi connectivity index (χ2v) is 14.0. The van der Waals surface area contributed by atoms with Crippen molar-refractivity contribution in [2.75, 3.05) is 29.6 Å². The van der Waals surface area contributed by atoms with E-state index in [1.807, 2.05) is 47.4 Å². The van der Waals surface area contributed by atoms with Gasteiger partial charge in [0, 0.05) is 67.6 Å². The number of rotatable bonds is 11. The molecule has 0 aliphatic carbocycles. The Morgan fingerprint density at radius 1 is 0.978 bits per heavy atom. The van der Waals surface area contributed by atoms with E-state index in [1.54, 1.807) is 55.6 Å². The molecule has 0 saturated carbocycles. The molecule has 1 aliphatic rings. The van der Waals surface area contributed by atoms with Crippen molar-refractivity contribution in [3.05, 3.63) is 113 Å². The van der Waals surface area contributed by atoms with Crippen molar-refractivity contribution >= 4 is 44.6 Å². The molecule has 1 saturated heterocycles. The normalized spacial score (nSPS) is 14.1. The number of halogens is 1. The Morgan fingerprint density at radius 3 is 2.30 bits per heavy atom. The van der Waals surface area contributed by atoms with E-state index in [1.165, 1.54) is 6.26 Å². The molecule has 1 fully saturated rings. The number of urea groups is 1. The molecular weight excluding hydrogens is 624 g/mol. The highest BCUT2D eigenvalue weighted by Gasteiger charge is 2.29. The van der Waals surface area contributed by atoms with Gasteiger partial charge in [0.1, 0.15) is 5.75 Å². The number of ether oxygens (including phenoxy) is 1. The van der Waals surface area contributed by atoms with Crippen LogP contribution in [-0.2, 0) is 22.1 Å². The highest BCUT2D eigenvalue weighted by molar-refractivity contribution is 7.89. The molecule has 240 valence electrons. The minimum absolute atomic E-state index is 0.0125. The van der Waals surface area contributed by atoms with Gasteiger partial charge in [-0.05, 0) is 66.4 Å². The highest BCUT2D eigenvalue weighted by atomic mass is 35.5. The summed E-state index contributed by atoms with van der Waals surface area (Å²) in [5.41, 5.74) is 3.48. The third-order valence-corrected chi connectivity index (χ3v) is 8.98. The molecule has 0 unspecified atom stereocenters. The summed E-state index contributed by atoms with van der Waals surface area (Å²) in [6, 6.07) is 25.1. The second-order valence-electron chi connectivity index (χ2n) is 11.4. The second kappa shape index (κ2) is 14.9. The number of hydrogen-bond donors (Lipinski definition) is 1. The van der Waals surface area contributed by atoms with Crippen molar-refractivity contribution in [2.45, 2.75) is 44.5 Å². The van der Waals surface area contributed by atoms with Gasteiger partial charge in [0.15, 0.2) is 15.6 Å². The lowest BCUT2D eigenvalue weighted by Gasteiger charge is -2.38. The monoisotopic (exact) mass is 660 g/mol. The van der Waals surface area contributed by atoms with Crippen LogP contribution in [0.4, 0.5) is 16.2 Å². The highest BCUT2D eigenvalue weighted by Crippen LogP contribution is 2.28. The number of sulfone groups is 1. The van der Waals surface area contributed by atoms with Crippen LogP contribution in [-0.4, -0.2) is 55.5 Å². The molecule has 4 aromatic rings. The molecule has 0 spiro atoms. The van der Waals surface area contributed by atoms with Crippen LogP contribution in [0.1, 0.15) is 47.7 Å². The fourth-order valence-corrected chi connectivity index (χ4v) is 6.53. The Bertz CT molecular complexity index is 1760. The number of nitrogens with one attached hydrogen (secondary N) is 1. The molecule has 0 atom stereocenters. The van der Waals surface area contributed by atoms with Gasteiger partial charge in [0.2, 0.25) is 5.88 Å². The molecule has 0 radical (unpaired) electrons. The van der Waals surface area contributed by atoms with Gasteiger partial charge >= 0.3 is 6.03 Å². The van der Waals surface area contributed by atoms with Crippen molar-refractivity contribution < 1.29 is 22.7 Å². The van der Waals surface area contributed by atoms with Gasteiger partial charge in [0.05, 0.1) is 10.8 Å². The third kappa shape index (κ3) is 8.93. The molecule has 1 aliphatic heterocycles. The van der Waals surface area contributed by atoms with Gasteiger partial charge in [-0.3, -0.25) is 14.6 Å². The smallest absolute Gasteiger partial charge is 0.326 e. The predicted molar refractivity (Wildman–Crippen MR) is 182 cm³/mol. The summed E-state index contributed by atoms with van der Waals surface area (Å²) in [6.07, 6.45) is 4.90. The molecule has 1 aromatic heterocycles. The first kappa shape index (κ1) is 33.1. The van der Waals surface area contributed by atoms with Crippen LogP contribution in [0, 0.1) is 0 Å². The lowest BCUT2D eigenvalue weighted by atomic mass is 10.0. The fourth-order valence-electron chi connectivity index (χ4n) is 5.51. The van der Waals surface area contributed by atoms with E-state index >= 15 is 0 Å². The maximum Gasteiger partial charge on any atom is 0.326 e. The van der Waals surface area contributed by atoms with Crippen LogP contribution >= 0.6 is 11.6 Å². The Kier molecular flexibility index (Phi) is 10.7. The largest absolute Gasteiger partial charge is 0.439 e. The minimum atomic E-state index is -3.10. The van der Waals surface area contributed by atoms with Crippen LogP contribution in [0.2, 0.25) is 5.02 Å². The zero-order valence-corrected chi connectivity index (χ0v) is 27.4. The van der Waals surface area contributed by atoms with E-state index in [0.717, 1.165) is 43.7 Å². The number of benzene rings is 3. The molecule has 5 rings (SSSR count). The summed E-state index contributed by atoms with van der Waals surface area (Å²) in [5.74, 6) is 0.942. The number of hydrogen-bond acceptors (Lipinski definition) is 7. The maximum absolute atomic E-state index is 13.7. The molecule has 46 heavy (non-hydrogen) atoms.